The molecule has 2 unspecified atom stereocenters. The predicted octanol–water partition coefficient (Wildman–Crippen LogP) is 6.01. The molecule has 4 aromatic rings. The third kappa shape index (κ3) is 15.4. The number of piperazine rings is 1. The summed E-state index contributed by atoms with van der Waals surface area (Å²) in [5.74, 6) is -2.39. The molecule has 0 radical (unpaired) electrons. The van der Waals surface area contributed by atoms with Gasteiger partial charge < -0.3 is 46.4 Å². The fourth-order valence-corrected chi connectivity index (χ4v) is 12.2. The van der Waals surface area contributed by atoms with Crippen molar-refractivity contribution in [2.45, 2.75) is 135 Å². The van der Waals surface area contributed by atoms with Gasteiger partial charge in [-0.15, -0.1) is 37.2 Å². The Labute approximate surface area is 506 Å². The number of carbonyl (C=O) groups is 6. The van der Waals surface area contributed by atoms with E-state index in [4.69, 9.17) is 4.74 Å². The summed E-state index contributed by atoms with van der Waals surface area (Å²) < 4.78 is 19.6. The standard InChI is InChI=1S/C62H81FN10O7.3ClH/c1-38-32-71(48(30-65-38)34-70-24-25-80-36-39(70)2)35-55(75)73-37-62(7,50-23-18-42(27-52(50)73)26-41-16-20-46(63)21-17-41)60(79)66-31-54(74)67-47-22-19-44-29-53(58(77)68-51-15-11-13-43-12-9-10-14-49(43)51)72(33-45(44)28-47)59(78)56(61(4,5)6)69-57(76)40(3)64-8;;;/h9-10,12,14,16-23,27-28,38-40,48,51,53,56,64-65H,11,13,15,24-26,29-37H2,1-8H3,(H,66,79)(H,67,74)(H,68,77)(H,69,76);3*1H/t38-,39-,40?,48-,51-,53+,56?,62-;;;/m1.../s1. The molecule has 2 fully saturated rings. The van der Waals surface area contributed by atoms with Crippen molar-refractivity contribution in [1.82, 2.24) is 41.3 Å². The van der Waals surface area contributed by atoms with Crippen molar-refractivity contribution in [3.63, 3.8) is 0 Å². The van der Waals surface area contributed by atoms with Crippen molar-refractivity contribution in [3.05, 3.63) is 130 Å². The van der Waals surface area contributed by atoms with Crippen LogP contribution in [0.1, 0.15) is 106 Å². The molecule has 4 aromatic carbocycles. The molecule has 6 N–H and O–H groups in total. The van der Waals surface area contributed by atoms with E-state index < -0.39 is 46.7 Å². The first kappa shape index (κ1) is 66.4. The number of benzene rings is 4. The molecule has 0 saturated carbocycles. The van der Waals surface area contributed by atoms with E-state index in [0.29, 0.717) is 43.1 Å². The molecule has 2 saturated heterocycles. The number of anilines is 2. The smallest absolute Gasteiger partial charge is 0.246 e. The Morgan fingerprint density at radius 1 is 0.892 bits per heavy atom. The van der Waals surface area contributed by atoms with Gasteiger partial charge in [-0.2, -0.15) is 0 Å². The quantitative estimate of drug-likeness (QED) is 0.0769. The lowest BCUT2D eigenvalue weighted by Gasteiger charge is -2.43. The Bertz CT molecular complexity index is 2970. The highest BCUT2D eigenvalue weighted by atomic mass is 35.5. The van der Waals surface area contributed by atoms with Crippen LogP contribution in [0.2, 0.25) is 0 Å². The molecule has 4 heterocycles. The highest BCUT2D eigenvalue weighted by molar-refractivity contribution is 6.04. The Kier molecular flexibility index (Phi) is 22.8. The Morgan fingerprint density at radius 3 is 2.35 bits per heavy atom. The van der Waals surface area contributed by atoms with Crippen molar-refractivity contribution >= 4 is 84.0 Å². The molecule has 1 aliphatic carbocycles. The van der Waals surface area contributed by atoms with Gasteiger partial charge in [-0.05, 0) is 135 Å². The van der Waals surface area contributed by atoms with Crippen LogP contribution in [0.5, 0.6) is 0 Å². The summed E-state index contributed by atoms with van der Waals surface area (Å²) >= 11 is 0. The molecule has 8 atom stereocenters. The van der Waals surface area contributed by atoms with E-state index in [-0.39, 0.29) is 118 Å². The van der Waals surface area contributed by atoms with Gasteiger partial charge in [0.1, 0.15) is 17.9 Å². The van der Waals surface area contributed by atoms with Crippen LogP contribution < -0.4 is 36.8 Å². The van der Waals surface area contributed by atoms with Gasteiger partial charge in [0.15, 0.2) is 0 Å². The number of carbonyl (C=O) groups excluding carboxylic acids is 6. The Morgan fingerprint density at radius 2 is 1.63 bits per heavy atom. The number of ether oxygens (including phenoxy) is 1. The summed E-state index contributed by atoms with van der Waals surface area (Å²) in [4.78, 5) is 94.1. The molecule has 4 aliphatic heterocycles. The minimum atomic E-state index is -1.22. The molecular weight excluding hydrogens is 1120 g/mol. The number of hydrogen-bond donors (Lipinski definition) is 6. The molecule has 9 rings (SSSR count). The Balaban J connectivity index is 0.00000369. The second-order valence-corrected chi connectivity index (χ2v) is 24.1. The minimum Gasteiger partial charge on any atom is -0.379 e. The van der Waals surface area contributed by atoms with E-state index in [1.807, 2.05) is 63.2 Å². The number of halogens is 4. The van der Waals surface area contributed by atoms with Gasteiger partial charge in [0.2, 0.25) is 35.4 Å². The van der Waals surface area contributed by atoms with E-state index in [9.17, 15) is 33.2 Å². The lowest BCUT2D eigenvalue weighted by molar-refractivity contribution is -0.147. The van der Waals surface area contributed by atoms with Crippen LogP contribution in [0.15, 0.2) is 84.9 Å². The van der Waals surface area contributed by atoms with Gasteiger partial charge in [-0.3, -0.25) is 38.6 Å². The number of rotatable bonds is 16. The third-order valence-electron chi connectivity index (χ3n) is 17.1. The Hall–Kier alpha value is -5.70. The second-order valence-electron chi connectivity index (χ2n) is 24.1. The number of nitrogens with zero attached hydrogens (tertiary/aromatic N) is 4. The van der Waals surface area contributed by atoms with Crippen molar-refractivity contribution in [2.24, 2.45) is 5.41 Å². The van der Waals surface area contributed by atoms with Gasteiger partial charge in [0, 0.05) is 75.2 Å². The van der Waals surface area contributed by atoms with Crippen LogP contribution in [-0.4, -0.2) is 152 Å². The molecule has 83 heavy (non-hydrogen) atoms. The topological polar surface area (TPSA) is 197 Å². The van der Waals surface area contributed by atoms with Gasteiger partial charge in [0.25, 0.3) is 0 Å². The largest absolute Gasteiger partial charge is 0.379 e. The highest BCUT2D eigenvalue weighted by Gasteiger charge is 2.48. The number of nitrogens with one attached hydrogen (secondary N) is 6. The van der Waals surface area contributed by atoms with Crippen LogP contribution >= 0.6 is 37.2 Å². The fraction of sp³-hybridized carbons (Fsp3) is 0.516. The van der Waals surface area contributed by atoms with E-state index >= 15 is 0 Å². The van der Waals surface area contributed by atoms with Crippen LogP contribution in [0, 0.1) is 11.2 Å². The van der Waals surface area contributed by atoms with Gasteiger partial charge in [-0.1, -0.05) is 75.4 Å². The van der Waals surface area contributed by atoms with Crippen LogP contribution in [0.4, 0.5) is 15.8 Å². The summed E-state index contributed by atoms with van der Waals surface area (Å²) in [6.45, 7) is 17.7. The maximum Gasteiger partial charge on any atom is 0.246 e. The summed E-state index contributed by atoms with van der Waals surface area (Å²) in [6.07, 6.45) is 3.31. The normalized spacial score (nSPS) is 23.0. The number of morpholine rings is 1. The van der Waals surface area contributed by atoms with Crippen molar-refractivity contribution in [3.8, 4) is 0 Å². The number of hydrogen-bond acceptors (Lipinski definition) is 11. The van der Waals surface area contributed by atoms with E-state index in [1.165, 1.54) is 17.7 Å². The maximum atomic E-state index is 14.9. The summed E-state index contributed by atoms with van der Waals surface area (Å²) in [5.41, 5.74) is 5.41. The molecule has 0 bridgehead atoms. The lowest BCUT2D eigenvalue weighted by Crippen LogP contribution is -2.62. The molecule has 5 aliphatic rings. The molecule has 6 amide bonds. The maximum absolute atomic E-state index is 14.9. The van der Waals surface area contributed by atoms with Gasteiger partial charge in [0.05, 0.1) is 43.8 Å². The van der Waals surface area contributed by atoms with Crippen molar-refractivity contribution in [2.75, 3.05) is 76.3 Å². The van der Waals surface area contributed by atoms with Crippen molar-refractivity contribution in [1.29, 1.82) is 0 Å². The van der Waals surface area contributed by atoms with E-state index in [2.05, 4.69) is 61.6 Å². The number of fused-ring (bicyclic) bond motifs is 3. The fourth-order valence-electron chi connectivity index (χ4n) is 12.2. The highest BCUT2D eigenvalue weighted by Crippen LogP contribution is 2.42. The molecule has 0 spiro atoms. The number of aryl methyl sites for hydroxylation is 1. The third-order valence-corrected chi connectivity index (χ3v) is 17.1. The zero-order valence-corrected chi connectivity index (χ0v) is 51.4. The van der Waals surface area contributed by atoms with Crippen LogP contribution in [0.25, 0.3) is 0 Å². The monoisotopic (exact) mass is 1200 g/mol. The predicted molar refractivity (Wildman–Crippen MR) is 328 cm³/mol. The first-order valence-corrected chi connectivity index (χ1v) is 28.5. The second kappa shape index (κ2) is 28.5. The van der Waals surface area contributed by atoms with Gasteiger partial charge >= 0.3 is 0 Å². The first-order valence-electron chi connectivity index (χ1n) is 28.5. The molecular formula is C62H84Cl3FN10O7. The molecule has 452 valence electrons. The van der Waals surface area contributed by atoms with E-state index in [0.717, 1.165) is 66.7 Å². The molecule has 21 heteroatoms. The number of likely N-dealkylation sites (N-methyl/N-ethyl adjacent to an activating group) is 1. The summed E-state index contributed by atoms with van der Waals surface area (Å²) in [7, 11) is 1.67. The SMILES string of the molecule is CNC(C)C(=O)NC(C(=O)N1Cc2cc(NC(=O)CNC(=O)[C@]3(C)CN(C(=O)CN4C[C@@H](C)NC[C@@H]4CN4CCOC[C@H]4C)c4cc(Cc5ccc(F)cc5)ccc43)ccc2C[C@H]1C(=O)N[C@@H]1CCCc2ccccc21)C(C)(C)C.Cl.Cl.Cl. The molecule has 17 nitrogen and oxygen atoms in total. The first-order chi connectivity index (χ1) is 38.2. The zero-order valence-electron chi connectivity index (χ0n) is 49.0. The van der Waals surface area contributed by atoms with Crippen LogP contribution in [0.3, 0.4) is 0 Å². The molecule has 0 aromatic heterocycles. The summed E-state index contributed by atoms with van der Waals surface area (Å²) in [5, 5.41) is 18.6. The average molecular weight is 1210 g/mol. The zero-order chi connectivity index (χ0) is 57.0. The van der Waals surface area contributed by atoms with Gasteiger partial charge in [-0.25, -0.2) is 4.39 Å². The summed E-state index contributed by atoms with van der Waals surface area (Å²) in [6, 6.07) is 23.5. The average Bonchev–Trinajstić information content (AvgIpc) is 3.88. The van der Waals surface area contributed by atoms with Crippen LogP contribution in [-0.2, 0) is 64.7 Å². The number of amides is 6. The van der Waals surface area contributed by atoms with Crippen molar-refractivity contribution < 1.29 is 37.9 Å². The minimum absolute atomic E-state index is 0. The van der Waals surface area contributed by atoms with E-state index in [1.54, 1.807) is 55.0 Å². The lowest BCUT2D eigenvalue weighted by atomic mass is 9.83.